The number of nitrogens with zero attached hydrogens (tertiary/aromatic N) is 1. The van der Waals surface area contributed by atoms with Gasteiger partial charge in [0.05, 0.1) is 11.4 Å². The third-order valence-corrected chi connectivity index (χ3v) is 7.53. The highest BCUT2D eigenvalue weighted by Crippen LogP contribution is 2.41. The van der Waals surface area contributed by atoms with E-state index in [9.17, 15) is 0 Å². The van der Waals surface area contributed by atoms with Crippen molar-refractivity contribution in [1.82, 2.24) is 4.98 Å². The molecule has 0 aliphatic heterocycles. The van der Waals surface area contributed by atoms with E-state index in [2.05, 4.69) is 126 Å². The van der Waals surface area contributed by atoms with Crippen LogP contribution in [0.25, 0.3) is 22.5 Å². The van der Waals surface area contributed by atoms with Gasteiger partial charge in [-0.05, 0) is 81.0 Å². The topological polar surface area (TPSA) is 12.9 Å². The second-order valence-corrected chi connectivity index (χ2v) is 12.5. The molecular weight excluding hydrogens is 434 g/mol. The van der Waals surface area contributed by atoms with Crippen molar-refractivity contribution in [1.29, 1.82) is 0 Å². The highest BCUT2D eigenvalue weighted by molar-refractivity contribution is 5.76. The van der Waals surface area contributed by atoms with Gasteiger partial charge in [0.15, 0.2) is 0 Å². The van der Waals surface area contributed by atoms with Gasteiger partial charge in [0.2, 0.25) is 0 Å². The van der Waals surface area contributed by atoms with E-state index in [-0.39, 0.29) is 0 Å². The summed E-state index contributed by atoms with van der Waals surface area (Å²) in [5, 5.41) is 0. The zero-order valence-electron chi connectivity index (χ0n) is 25.0. The summed E-state index contributed by atoms with van der Waals surface area (Å²) in [4.78, 5) is 5.43. The molecule has 0 spiro atoms. The maximum absolute atomic E-state index is 5.43. The number of hydrogen-bond donors (Lipinski definition) is 0. The van der Waals surface area contributed by atoms with Gasteiger partial charge in [-0.15, -0.1) is 0 Å². The molecule has 0 fully saturated rings. The van der Waals surface area contributed by atoms with Crippen molar-refractivity contribution in [2.75, 3.05) is 0 Å². The van der Waals surface area contributed by atoms with Crippen molar-refractivity contribution >= 4 is 0 Å². The summed E-state index contributed by atoms with van der Waals surface area (Å²) in [6.07, 6.45) is 0. The average Bonchev–Trinajstić information content (AvgIpc) is 2.81. The third kappa shape index (κ3) is 5.77. The molecule has 0 amide bonds. The average molecular weight is 484 g/mol. The van der Waals surface area contributed by atoms with E-state index in [0.29, 0.717) is 35.5 Å². The molecule has 3 rings (SSSR count). The molecule has 1 heteroatoms. The fourth-order valence-electron chi connectivity index (χ4n) is 5.22. The Bertz CT molecular complexity index is 1040. The Balaban J connectivity index is 2.36. The molecule has 1 nitrogen and oxygen atoms in total. The monoisotopic (exact) mass is 483 g/mol. The lowest BCUT2D eigenvalue weighted by atomic mass is 9.82. The van der Waals surface area contributed by atoms with Crippen molar-refractivity contribution in [2.24, 2.45) is 0 Å². The van der Waals surface area contributed by atoms with Gasteiger partial charge in [-0.1, -0.05) is 113 Å². The Labute approximate surface area is 221 Å². The van der Waals surface area contributed by atoms with Gasteiger partial charge in [0.1, 0.15) is 0 Å². The van der Waals surface area contributed by atoms with Crippen LogP contribution in [0.4, 0.5) is 0 Å². The van der Waals surface area contributed by atoms with Crippen LogP contribution in [0.15, 0.2) is 42.5 Å². The molecule has 2 aromatic carbocycles. The Morgan fingerprint density at radius 3 is 0.917 bits per heavy atom. The van der Waals surface area contributed by atoms with Crippen LogP contribution in [-0.4, -0.2) is 4.98 Å². The Hall–Kier alpha value is -2.41. The lowest BCUT2D eigenvalue weighted by Crippen LogP contribution is -2.06. The van der Waals surface area contributed by atoms with Gasteiger partial charge in [-0.2, -0.15) is 0 Å². The number of pyridine rings is 1. The summed E-state index contributed by atoms with van der Waals surface area (Å²) in [7, 11) is 0. The summed E-state index contributed by atoms with van der Waals surface area (Å²) in [5.74, 6) is 2.76. The molecule has 0 saturated carbocycles. The third-order valence-electron chi connectivity index (χ3n) is 7.53. The first-order valence-corrected chi connectivity index (χ1v) is 14.2. The summed E-state index contributed by atoms with van der Waals surface area (Å²) in [5.41, 5.74) is 13.4. The summed E-state index contributed by atoms with van der Waals surface area (Å²) < 4.78 is 0. The first kappa shape index (κ1) is 28.2. The molecule has 0 aliphatic carbocycles. The molecule has 3 aromatic rings. The van der Waals surface area contributed by atoms with Gasteiger partial charge < -0.3 is 0 Å². The molecule has 0 bridgehead atoms. The lowest BCUT2D eigenvalue weighted by molar-refractivity contribution is 0.804. The molecule has 0 aliphatic rings. The zero-order chi connectivity index (χ0) is 26.9. The van der Waals surface area contributed by atoms with Gasteiger partial charge >= 0.3 is 0 Å². The normalized spacial score (nSPS) is 12.3. The molecule has 0 atom stereocenters. The number of benzene rings is 2. The first-order chi connectivity index (χ1) is 16.8. The van der Waals surface area contributed by atoms with Gasteiger partial charge in [0, 0.05) is 11.1 Å². The number of hydrogen-bond acceptors (Lipinski definition) is 1. The van der Waals surface area contributed by atoms with Crippen LogP contribution in [0.3, 0.4) is 0 Å². The quantitative estimate of drug-likeness (QED) is 0.310. The van der Waals surface area contributed by atoms with E-state index in [1.54, 1.807) is 0 Å². The minimum atomic E-state index is 0.435. The highest BCUT2D eigenvalue weighted by atomic mass is 14.7. The van der Waals surface area contributed by atoms with Gasteiger partial charge in [-0.3, -0.25) is 0 Å². The second kappa shape index (κ2) is 11.3. The van der Waals surface area contributed by atoms with Crippen LogP contribution in [0.5, 0.6) is 0 Å². The fourth-order valence-corrected chi connectivity index (χ4v) is 5.22. The van der Waals surface area contributed by atoms with Crippen LogP contribution in [0, 0.1) is 0 Å². The number of aromatic nitrogens is 1. The molecule has 0 radical (unpaired) electrons. The molecule has 0 N–H and O–H groups in total. The predicted octanol–water partition coefficient (Wildman–Crippen LogP) is 11.2. The minimum absolute atomic E-state index is 0.435. The minimum Gasteiger partial charge on any atom is -0.248 e. The Morgan fingerprint density at radius 2 is 0.694 bits per heavy atom. The SMILES string of the molecule is CC(C)c1cc(C(C)C)c(-c2cccc(-c3c(C(C)C)cc(C(C)C)cc3C(C)C)n2)c(C(C)C)c1. The van der Waals surface area contributed by atoms with Crippen molar-refractivity contribution in [3.05, 3.63) is 75.8 Å². The summed E-state index contributed by atoms with van der Waals surface area (Å²) in [6.45, 7) is 27.7. The van der Waals surface area contributed by atoms with Crippen LogP contribution in [-0.2, 0) is 0 Å². The summed E-state index contributed by atoms with van der Waals surface area (Å²) >= 11 is 0. The first-order valence-electron chi connectivity index (χ1n) is 14.2. The fraction of sp³-hybridized carbons (Fsp3) is 0.514. The lowest BCUT2D eigenvalue weighted by Gasteiger charge is -2.25. The van der Waals surface area contributed by atoms with E-state index in [1.165, 1.54) is 44.5 Å². The van der Waals surface area contributed by atoms with Crippen LogP contribution >= 0.6 is 0 Å². The van der Waals surface area contributed by atoms with Crippen molar-refractivity contribution in [2.45, 2.75) is 119 Å². The standard InChI is InChI=1S/C35H49N/c1-20(2)26-16-28(22(5)6)34(29(17-26)23(7)8)32-14-13-15-33(36-32)35-30(24(9)10)18-27(21(3)4)19-31(35)25(11)12/h13-25H,1-12H3. The predicted molar refractivity (Wildman–Crippen MR) is 160 cm³/mol. The van der Waals surface area contributed by atoms with E-state index in [4.69, 9.17) is 4.98 Å². The van der Waals surface area contributed by atoms with Crippen LogP contribution in [0.1, 0.15) is 152 Å². The molecule has 1 aromatic heterocycles. The smallest absolute Gasteiger partial charge is 0.0715 e. The van der Waals surface area contributed by atoms with Crippen molar-refractivity contribution in [3.63, 3.8) is 0 Å². The molecule has 0 unspecified atom stereocenters. The van der Waals surface area contributed by atoms with Crippen molar-refractivity contribution < 1.29 is 0 Å². The molecule has 1 heterocycles. The van der Waals surface area contributed by atoms with E-state index < -0.39 is 0 Å². The molecule has 0 saturated heterocycles. The number of rotatable bonds is 8. The van der Waals surface area contributed by atoms with Gasteiger partial charge in [-0.25, -0.2) is 4.98 Å². The Morgan fingerprint density at radius 1 is 0.417 bits per heavy atom. The van der Waals surface area contributed by atoms with Crippen LogP contribution in [0.2, 0.25) is 0 Å². The molecular formula is C35H49N. The highest BCUT2D eigenvalue weighted by Gasteiger charge is 2.22. The van der Waals surface area contributed by atoms with E-state index in [0.717, 1.165) is 11.4 Å². The van der Waals surface area contributed by atoms with Crippen molar-refractivity contribution in [3.8, 4) is 22.5 Å². The maximum atomic E-state index is 5.43. The molecule has 36 heavy (non-hydrogen) atoms. The second-order valence-electron chi connectivity index (χ2n) is 12.5. The van der Waals surface area contributed by atoms with E-state index >= 15 is 0 Å². The van der Waals surface area contributed by atoms with Crippen LogP contribution < -0.4 is 0 Å². The van der Waals surface area contributed by atoms with Gasteiger partial charge in [0.25, 0.3) is 0 Å². The van der Waals surface area contributed by atoms with E-state index in [1.807, 2.05) is 0 Å². The maximum Gasteiger partial charge on any atom is 0.0715 e. The Kier molecular flexibility index (Phi) is 8.86. The molecule has 194 valence electrons. The largest absolute Gasteiger partial charge is 0.248 e. The zero-order valence-corrected chi connectivity index (χ0v) is 25.0. The summed E-state index contributed by atoms with van der Waals surface area (Å²) in [6, 6.07) is 16.4.